The third kappa shape index (κ3) is 3.14. The molecule has 0 spiro atoms. The van der Waals surface area contributed by atoms with Gasteiger partial charge in [-0.2, -0.15) is 0 Å². The smallest absolute Gasteiger partial charge is 0.211 e. The van der Waals surface area contributed by atoms with Crippen LogP contribution in [0.3, 0.4) is 0 Å². The lowest BCUT2D eigenvalue weighted by molar-refractivity contribution is 0.557. The molecule has 0 aliphatic rings. The molecule has 0 saturated heterocycles. The summed E-state index contributed by atoms with van der Waals surface area (Å²) in [5, 5.41) is 0. The summed E-state index contributed by atoms with van der Waals surface area (Å²) in [6.45, 7) is 3.68. The van der Waals surface area contributed by atoms with E-state index in [2.05, 4.69) is 11.3 Å². The van der Waals surface area contributed by atoms with Gasteiger partial charge >= 0.3 is 0 Å². The summed E-state index contributed by atoms with van der Waals surface area (Å²) in [6, 6.07) is 5.26. The predicted octanol–water partition coefficient (Wildman–Crippen LogP) is 1.68. The van der Waals surface area contributed by atoms with Gasteiger partial charge in [-0.1, -0.05) is 18.2 Å². The van der Waals surface area contributed by atoms with Crippen molar-refractivity contribution in [2.24, 2.45) is 0 Å². The molecule has 1 rings (SSSR count). The number of benzene rings is 1. The lowest BCUT2D eigenvalue weighted by atomic mass is 10.4. The maximum atomic E-state index is 13.2. The van der Waals surface area contributed by atoms with Gasteiger partial charge in [-0.25, -0.2) is 17.5 Å². The van der Waals surface area contributed by atoms with E-state index in [0.717, 1.165) is 6.07 Å². The lowest BCUT2D eigenvalue weighted by Crippen LogP contribution is -2.25. The van der Waals surface area contributed by atoms with Crippen LogP contribution >= 0.6 is 0 Å². The second-order valence-corrected chi connectivity index (χ2v) is 4.64. The lowest BCUT2D eigenvalue weighted by Gasteiger charge is -2.05. The van der Waals surface area contributed by atoms with E-state index >= 15 is 0 Å². The Balaban J connectivity index is 2.87. The van der Waals surface area contributed by atoms with Crippen LogP contribution in [0.25, 0.3) is 0 Å². The third-order valence-corrected chi connectivity index (χ3v) is 3.26. The van der Waals surface area contributed by atoms with Gasteiger partial charge in [-0.05, 0) is 18.6 Å². The minimum absolute atomic E-state index is 0.222. The molecule has 1 N–H and O–H groups in total. The van der Waals surface area contributed by atoms with Crippen molar-refractivity contribution in [3.8, 4) is 0 Å². The van der Waals surface area contributed by atoms with Crippen LogP contribution in [0, 0.1) is 5.82 Å². The SMILES string of the molecule is C=CCCNS(=O)(=O)c1ccccc1F. The van der Waals surface area contributed by atoms with Gasteiger partial charge in [0.05, 0.1) is 0 Å². The normalized spacial score (nSPS) is 11.3. The Morgan fingerprint density at radius 2 is 2.07 bits per heavy atom. The molecule has 0 bridgehead atoms. The molecule has 15 heavy (non-hydrogen) atoms. The van der Waals surface area contributed by atoms with E-state index in [0.29, 0.717) is 6.42 Å². The number of hydrogen-bond acceptors (Lipinski definition) is 2. The summed E-state index contributed by atoms with van der Waals surface area (Å²) >= 11 is 0. The van der Waals surface area contributed by atoms with Crippen molar-refractivity contribution in [1.82, 2.24) is 4.72 Å². The van der Waals surface area contributed by atoms with E-state index < -0.39 is 15.8 Å². The Hall–Kier alpha value is -1.20. The molecule has 0 atom stereocenters. The van der Waals surface area contributed by atoms with E-state index in [1.165, 1.54) is 18.2 Å². The number of nitrogens with one attached hydrogen (secondary N) is 1. The number of hydrogen-bond donors (Lipinski definition) is 1. The van der Waals surface area contributed by atoms with Crippen molar-refractivity contribution in [2.75, 3.05) is 6.54 Å². The molecule has 0 aromatic heterocycles. The highest BCUT2D eigenvalue weighted by atomic mass is 32.2. The molecule has 0 aliphatic heterocycles. The standard InChI is InChI=1S/C10H12FNO2S/c1-2-3-8-12-15(13,14)10-7-5-4-6-9(10)11/h2,4-7,12H,1,3,8H2. The predicted molar refractivity (Wildman–Crippen MR) is 56.4 cm³/mol. The molecule has 5 heteroatoms. The van der Waals surface area contributed by atoms with E-state index in [4.69, 9.17) is 0 Å². The van der Waals surface area contributed by atoms with Gasteiger partial charge in [0.1, 0.15) is 10.7 Å². The number of rotatable bonds is 5. The summed E-state index contributed by atoms with van der Waals surface area (Å²) in [4.78, 5) is -0.325. The highest BCUT2D eigenvalue weighted by molar-refractivity contribution is 7.89. The molecule has 0 saturated carbocycles. The summed E-state index contributed by atoms with van der Waals surface area (Å²) < 4.78 is 38.5. The average molecular weight is 229 g/mol. The van der Waals surface area contributed by atoms with Crippen molar-refractivity contribution >= 4 is 10.0 Å². The fraction of sp³-hybridized carbons (Fsp3) is 0.200. The van der Waals surface area contributed by atoms with Crippen LogP contribution in [-0.2, 0) is 10.0 Å². The molecule has 0 fully saturated rings. The summed E-state index contributed by atoms with van der Waals surface area (Å²) in [5.41, 5.74) is 0. The van der Waals surface area contributed by atoms with Crippen molar-refractivity contribution in [3.63, 3.8) is 0 Å². The van der Waals surface area contributed by atoms with Gasteiger partial charge < -0.3 is 0 Å². The maximum Gasteiger partial charge on any atom is 0.243 e. The van der Waals surface area contributed by atoms with Gasteiger partial charge in [0.15, 0.2) is 0 Å². The first-order valence-corrected chi connectivity index (χ1v) is 5.91. The van der Waals surface area contributed by atoms with Crippen LogP contribution < -0.4 is 4.72 Å². The van der Waals surface area contributed by atoms with Crippen LogP contribution in [0.1, 0.15) is 6.42 Å². The topological polar surface area (TPSA) is 46.2 Å². The van der Waals surface area contributed by atoms with E-state index in [9.17, 15) is 12.8 Å². The zero-order chi connectivity index (χ0) is 11.3. The van der Waals surface area contributed by atoms with Crippen molar-refractivity contribution in [2.45, 2.75) is 11.3 Å². The Morgan fingerprint density at radius 1 is 1.40 bits per heavy atom. The Bertz CT molecular complexity index is 442. The highest BCUT2D eigenvalue weighted by Crippen LogP contribution is 2.12. The summed E-state index contributed by atoms with van der Waals surface area (Å²) in [5.74, 6) is -0.747. The van der Waals surface area contributed by atoms with Crippen LogP contribution in [0.4, 0.5) is 4.39 Å². The zero-order valence-corrected chi connectivity index (χ0v) is 8.93. The number of sulfonamides is 1. The quantitative estimate of drug-likeness (QED) is 0.616. The Morgan fingerprint density at radius 3 is 2.67 bits per heavy atom. The van der Waals surface area contributed by atoms with Crippen molar-refractivity contribution in [3.05, 3.63) is 42.7 Å². The molecule has 1 aromatic rings. The molecule has 0 amide bonds. The van der Waals surface area contributed by atoms with Gasteiger partial charge in [-0.3, -0.25) is 0 Å². The van der Waals surface area contributed by atoms with Gasteiger partial charge in [-0.15, -0.1) is 6.58 Å². The average Bonchev–Trinajstić information content (AvgIpc) is 2.18. The molecule has 3 nitrogen and oxygen atoms in total. The third-order valence-electron chi connectivity index (χ3n) is 1.77. The van der Waals surface area contributed by atoms with E-state index in [-0.39, 0.29) is 11.4 Å². The van der Waals surface area contributed by atoms with Gasteiger partial charge in [0.25, 0.3) is 0 Å². The molecule has 0 unspecified atom stereocenters. The number of halogens is 1. The fourth-order valence-corrected chi connectivity index (χ4v) is 2.16. The first-order valence-electron chi connectivity index (χ1n) is 4.43. The fourth-order valence-electron chi connectivity index (χ4n) is 1.04. The van der Waals surface area contributed by atoms with Crippen molar-refractivity contribution in [1.29, 1.82) is 0 Å². The molecule has 0 aliphatic carbocycles. The summed E-state index contributed by atoms with van der Waals surface area (Å²) in [7, 11) is -3.74. The first kappa shape index (κ1) is 11.9. The van der Waals surface area contributed by atoms with Gasteiger partial charge in [0, 0.05) is 6.54 Å². The second kappa shape index (κ2) is 5.04. The zero-order valence-electron chi connectivity index (χ0n) is 8.11. The molecular formula is C10H12FNO2S. The largest absolute Gasteiger partial charge is 0.243 e. The van der Waals surface area contributed by atoms with E-state index in [1.54, 1.807) is 6.08 Å². The maximum absolute atomic E-state index is 13.2. The second-order valence-electron chi connectivity index (χ2n) is 2.91. The van der Waals surface area contributed by atoms with Gasteiger partial charge in [0.2, 0.25) is 10.0 Å². The highest BCUT2D eigenvalue weighted by Gasteiger charge is 2.16. The first-order chi connectivity index (χ1) is 7.08. The van der Waals surface area contributed by atoms with Crippen LogP contribution in [0.5, 0.6) is 0 Å². The van der Waals surface area contributed by atoms with Crippen molar-refractivity contribution < 1.29 is 12.8 Å². The van der Waals surface area contributed by atoms with Crippen LogP contribution in [0.2, 0.25) is 0 Å². The molecule has 0 radical (unpaired) electrons. The molecular weight excluding hydrogens is 217 g/mol. The van der Waals surface area contributed by atoms with Crippen LogP contribution in [0.15, 0.2) is 41.8 Å². The summed E-state index contributed by atoms with van der Waals surface area (Å²) in [6.07, 6.45) is 2.09. The minimum Gasteiger partial charge on any atom is -0.211 e. The minimum atomic E-state index is -3.74. The monoisotopic (exact) mass is 229 g/mol. The Labute approximate surface area is 88.7 Å². The Kier molecular flexibility index (Phi) is 3.99. The van der Waals surface area contributed by atoms with E-state index in [1.807, 2.05) is 0 Å². The molecule has 1 aromatic carbocycles. The van der Waals surface area contributed by atoms with Crippen LogP contribution in [-0.4, -0.2) is 15.0 Å². The molecule has 0 heterocycles. The molecule has 82 valence electrons.